The van der Waals surface area contributed by atoms with Crippen molar-refractivity contribution >= 4 is 0 Å². The lowest BCUT2D eigenvalue weighted by molar-refractivity contribution is 0.168. The van der Waals surface area contributed by atoms with E-state index in [2.05, 4.69) is 17.5 Å². The zero-order valence-electron chi connectivity index (χ0n) is 12.4. The summed E-state index contributed by atoms with van der Waals surface area (Å²) in [5, 5.41) is 13.7. The molecule has 3 nitrogen and oxygen atoms in total. The van der Waals surface area contributed by atoms with Crippen LogP contribution in [-0.4, -0.2) is 25.3 Å². The SMILES string of the molecule is COc1ccc(C)cc1C(O)CNCC1CC=CCC1. The largest absolute Gasteiger partial charge is 0.496 e. The van der Waals surface area contributed by atoms with Gasteiger partial charge in [0.2, 0.25) is 0 Å². The molecule has 0 heterocycles. The van der Waals surface area contributed by atoms with Crippen molar-refractivity contribution in [2.45, 2.75) is 32.3 Å². The third-order valence-corrected chi connectivity index (χ3v) is 3.89. The molecule has 0 amide bonds. The lowest BCUT2D eigenvalue weighted by Crippen LogP contribution is -2.28. The fraction of sp³-hybridized carbons (Fsp3) is 0.529. The van der Waals surface area contributed by atoms with Gasteiger partial charge in [0, 0.05) is 12.1 Å². The molecule has 2 rings (SSSR count). The molecule has 2 N–H and O–H groups in total. The van der Waals surface area contributed by atoms with Crippen molar-refractivity contribution in [2.24, 2.45) is 5.92 Å². The van der Waals surface area contributed by atoms with Crippen molar-refractivity contribution in [3.63, 3.8) is 0 Å². The van der Waals surface area contributed by atoms with Crippen molar-refractivity contribution < 1.29 is 9.84 Å². The maximum Gasteiger partial charge on any atom is 0.124 e. The van der Waals surface area contributed by atoms with E-state index in [1.54, 1.807) is 7.11 Å². The summed E-state index contributed by atoms with van der Waals surface area (Å²) in [6, 6.07) is 5.91. The van der Waals surface area contributed by atoms with Gasteiger partial charge in [-0.05, 0) is 50.8 Å². The molecule has 20 heavy (non-hydrogen) atoms. The average Bonchev–Trinajstić information content (AvgIpc) is 2.48. The topological polar surface area (TPSA) is 41.5 Å². The molecule has 2 unspecified atom stereocenters. The highest BCUT2D eigenvalue weighted by molar-refractivity contribution is 5.38. The molecule has 0 aliphatic heterocycles. The Balaban J connectivity index is 1.86. The number of aliphatic hydroxyl groups is 1. The Labute approximate surface area is 121 Å². The van der Waals surface area contributed by atoms with Crippen LogP contribution < -0.4 is 10.1 Å². The highest BCUT2D eigenvalue weighted by atomic mass is 16.5. The second-order valence-corrected chi connectivity index (χ2v) is 5.57. The number of benzene rings is 1. The van der Waals surface area contributed by atoms with Crippen molar-refractivity contribution in [1.82, 2.24) is 5.32 Å². The zero-order chi connectivity index (χ0) is 14.4. The summed E-state index contributed by atoms with van der Waals surface area (Å²) in [5.41, 5.74) is 2.00. The Kier molecular flexibility index (Phi) is 5.62. The summed E-state index contributed by atoms with van der Waals surface area (Å²) in [6.45, 7) is 3.56. The smallest absolute Gasteiger partial charge is 0.124 e. The predicted molar refractivity (Wildman–Crippen MR) is 82.0 cm³/mol. The number of nitrogens with one attached hydrogen (secondary N) is 1. The molecule has 0 spiro atoms. The Morgan fingerprint density at radius 2 is 2.25 bits per heavy atom. The molecule has 0 radical (unpaired) electrons. The number of rotatable bonds is 6. The molecule has 110 valence electrons. The van der Waals surface area contributed by atoms with Gasteiger partial charge in [-0.3, -0.25) is 0 Å². The van der Waals surface area contributed by atoms with Crippen LogP contribution in [0.2, 0.25) is 0 Å². The molecule has 1 aliphatic carbocycles. The highest BCUT2D eigenvalue weighted by Gasteiger charge is 2.15. The van der Waals surface area contributed by atoms with Crippen molar-refractivity contribution in [3.05, 3.63) is 41.5 Å². The van der Waals surface area contributed by atoms with Gasteiger partial charge in [0.15, 0.2) is 0 Å². The van der Waals surface area contributed by atoms with Crippen LogP contribution in [0.15, 0.2) is 30.4 Å². The van der Waals surface area contributed by atoms with Gasteiger partial charge in [0.25, 0.3) is 0 Å². The first-order valence-corrected chi connectivity index (χ1v) is 7.39. The Bertz CT molecular complexity index is 456. The standard InChI is InChI=1S/C17H25NO2/c1-13-8-9-17(20-2)15(10-13)16(19)12-18-11-14-6-4-3-5-7-14/h3-4,8-10,14,16,18-19H,5-7,11-12H2,1-2H3. The van der Waals surface area contributed by atoms with E-state index in [4.69, 9.17) is 4.74 Å². The summed E-state index contributed by atoms with van der Waals surface area (Å²) in [4.78, 5) is 0. The van der Waals surface area contributed by atoms with Crippen molar-refractivity contribution in [2.75, 3.05) is 20.2 Å². The minimum Gasteiger partial charge on any atom is -0.496 e. The van der Waals surface area contributed by atoms with Crippen LogP contribution in [0.5, 0.6) is 5.75 Å². The third-order valence-electron chi connectivity index (χ3n) is 3.89. The predicted octanol–water partition coefficient (Wildman–Crippen LogP) is 2.98. The Morgan fingerprint density at radius 3 is 2.95 bits per heavy atom. The lowest BCUT2D eigenvalue weighted by Gasteiger charge is -2.20. The molecule has 1 aromatic rings. The van der Waals surface area contributed by atoms with Crippen LogP contribution in [0.3, 0.4) is 0 Å². The van der Waals surface area contributed by atoms with Crippen LogP contribution in [0.25, 0.3) is 0 Å². The molecule has 3 heteroatoms. The van der Waals surface area contributed by atoms with Crippen LogP contribution >= 0.6 is 0 Å². The second-order valence-electron chi connectivity index (χ2n) is 5.57. The minimum atomic E-state index is -0.524. The summed E-state index contributed by atoms with van der Waals surface area (Å²) >= 11 is 0. The van der Waals surface area contributed by atoms with Gasteiger partial charge in [0.05, 0.1) is 13.2 Å². The van der Waals surface area contributed by atoms with Crippen LogP contribution in [0.1, 0.15) is 36.5 Å². The normalized spacial score (nSPS) is 19.9. The molecule has 2 atom stereocenters. The van der Waals surface area contributed by atoms with Gasteiger partial charge < -0.3 is 15.2 Å². The number of allylic oxidation sites excluding steroid dienone is 2. The first-order chi connectivity index (χ1) is 9.70. The molecule has 0 saturated heterocycles. The van der Waals surface area contributed by atoms with Gasteiger partial charge in [-0.25, -0.2) is 0 Å². The molecule has 0 aromatic heterocycles. The zero-order valence-corrected chi connectivity index (χ0v) is 12.4. The Hall–Kier alpha value is -1.32. The molecule has 1 aliphatic rings. The number of hydrogen-bond acceptors (Lipinski definition) is 3. The van der Waals surface area contributed by atoms with Crippen LogP contribution in [-0.2, 0) is 0 Å². The number of aliphatic hydroxyl groups excluding tert-OH is 1. The van der Waals surface area contributed by atoms with Crippen molar-refractivity contribution in [3.8, 4) is 5.75 Å². The van der Waals surface area contributed by atoms with Gasteiger partial charge in [0.1, 0.15) is 5.75 Å². The number of aryl methyl sites for hydroxylation is 1. The number of methoxy groups -OCH3 is 1. The molecular weight excluding hydrogens is 250 g/mol. The molecule has 1 aromatic carbocycles. The maximum atomic E-state index is 10.3. The number of hydrogen-bond donors (Lipinski definition) is 2. The maximum absolute atomic E-state index is 10.3. The highest BCUT2D eigenvalue weighted by Crippen LogP contribution is 2.26. The van der Waals surface area contributed by atoms with E-state index < -0.39 is 6.10 Å². The van der Waals surface area contributed by atoms with Crippen molar-refractivity contribution in [1.29, 1.82) is 0 Å². The van der Waals surface area contributed by atoms with E-state index in [0.29, 0.717) is 12.5 Å². The quantitative estimate of drug-likeness (QED) is 0.784. The van der Waals surface area contributed by atoms with Gasteiger partial charge in [-0.2, -0.15) is 0 Å². The molecule has 0 bridgehead atoms. The monoisotopic (exact) mass is 275 g/mol. The summed E-state index contributed by atoms with van der Waals surface area (Å²) < 4.78 is 5.32. The lowest BCUT2D eigenvalue weighted by atomic mass is 9.94. The first kappa shape index (κ1) is 15.1. The number of ether oxygens (including phenoxy) is 1. The van der Waals surface area contributed by atoms with E-state index in [1.165, 1.54) is 12.8 Å². The fourth-order valence-electron chi connectivity index (χ4n) is 2.69. The average molecular weight is 275 g/mol. The third kappa shape index (κ3) is 4.09. The van der Waals surface area contributed by atoms with Gasteiger partial charge in [-0.15, -0.1) is 0 Å². The van der Waals surface area contributed by atoms with Crippen LogP contribution in [0.4, 0.5) is 0 Å². The van der Waals surface area contributed by atoms with E-state index in [0.717, 1.165) is 29.8 Å². The summed E-state index contributed by atoms with van der Waals surface area (Å²) in [7, 11) is 1.64. The van der Waals surface area contributed by atoms with Gasteiger partial charge >= 0.3 is 0 Å². The second kappa shape index (κ2) is 7.46. The first-order valence-electron chi connectivity index (χ1n) is 7.39. The summed E-state index contributed by atoms with van der Waals surface area (Å²) in [6.07, 6.45) is 7.56. The minimum absolute atomic E-state index is 0.524. The van der Waals surface area contributed by atoms with E-state index in [9.17, 15) is 5.11 Å². The summed E-state index contributed by atoms with van der Waals surface area (Å²) in [5.74, 6) is 1.46. The van der Waals surface area contributed by atoms with E-state index in [-0.39, 0.29) is 0 Å². The fourth-order valence-corrected chi connectivity index (χ4v) is 2.69. The molecule has 0 fully saturated rings. The van der Waals surface area contributed by atoms with E-state index in [1.807, 2.05) is 25.1 Å². The van der Waals surface area contributed by atoms with E-state index >= 15 is 0 Å². The van der Waals surface area contributed by atoms with Gasteiger partial charge in [-0.1, -0.05) is 23.8 Å². The molecular formula is C17H25NO2. The van der Waals surface area contributed by atoms with Crippen LogP contribution in [0, 0.1) is 12.8 Å². The molecule has 0 saturated carbocycles. The Morgan fingerprint density at radius 1 is 1.40 bits per heavy atom.